The van der Waals surface area contributed by atoms with Crippen molar-refractivity contribution >= 4 is 29.1 Å². The number of rotatable bonds is 5. The molecule has 1 unspecified atom stereocenters. The van der Waals surface area contributed by atoms with Crippen molar-refractivity contribution in [3.05, 3.63) is 95.6 Å². The fraction of sp³-hybridized carbons (Fsp3) is 0.115. The van der Waals surface area contributed by atoms with Gasteiger partial charge in [-0.25, -0.2) is 0 Å². The number of esters is 1. The molecule has 7 heteroatoms. The summed E-state index contributed by atoms with van der Waals surface area (Å²) in [6, 6.07) is 20.9. The van der Waals surface area contributed by atoms with E-state index >= 15 is 0 Å². The monoisotopic (exact) mass is 443 g/mol. The van der Waals surface area contributed by atoms with Crippen molar-refractivity contribution in [3.63, 3.8) is 0 Å². The van der Waals surface area contributed by atoms with Crippen LogP contribution >= 0.6 is 0 Å². The molecule has 1 fully saturated rings. The molecule has 1 heterocycles. The lowest BCUT2D eigenvalue weighted by Crippen LogP contribution is -2.29. The first kappa shape index (κ1) is 21.8. The molecule has 1 saturated heterocycles. The second kappa shape index (κ2) is 9.00. The molecule has 0 spiro atoms. The molecule has 1 aliphatic heterocycles. The molecule has 1 aliphatic rings. The van der Waals surface area contributed by atoms with Gasteiger partial charge in [-0.05, 0) is 42.0 Å². The minimum atomic E-state index is -0.884. The predicted molar refractivity (Wildman–Crippen MR) is 122 cm³/mol. The van der Waals surface area contributed by atoms with Gasteiger partial charge in [-0.2, -0.15) is 0 Å². The zero-order chi connectivity index (χ0) is 23.5. The van der Waals surface area contributed by atoms with E-state index in [2.05, 4.69) is 0 Å². The molecule has 1 amide bonds. The smallest absolute Gasteiger partial charge is 0.308 e. The lowest BCUT2D eigenvalue weighted by molar-refractivity contribution is -0.132. The molecule has 0 bridgehead atoms. The Hall–Kier alpha value is -4.39. The number of methoxy groups -OCH3 is 1. The number of carbonyl (C=O) groups excluding carboxylic acids is 3. The minimum absolute atomic E-state index is 0.0257. The molecule has 0 aliphatic carbocycles. The number of carbonyl (C=O) groups is 3. The molecule has 3 aromatic rings. The first-order valence-electron chi connectivity index (χ1n) is 10.2. The van der Waals surface area contributed by atoms with Crippen LogP contribution in [0.25, 0.3) is 5.76 Å². The number of Topliss-reactive ketones (excluding diaryl/α,β-unsaturated/α-hetero) is 1. The maximum absolute atomic E-state index is 13.1. The minimum Gasteiger partial charge on any atom is -0.507 e. The van der Waals surface area contributed by atoms with Crippen LogP contribution in [-0.4, -0.2) is 29.9 Å². The summed E-state index contributed by atoms with van der Waals surface area (Å²) in [5.41, 5.74) is 1.44. The van der Waals surface area contributed by atoms with Crippen molar-refractivity contribution in [2.24, 2.45) is 0 Å². The van der Waals surface area contributed by atoms with Gasteiger partial charge in [-0.1, -0.05) is 42.5 Å². The molecule has 1 atom stereocenters. The second-order valence-corrected chi connectivity index (χ2v) is 7.40. The van der Waals surface area contributed by atoms with Crippen LogP contribution in [-0.2, 0) is 14.4 Å². The number of nitrogens with zero attached hydrogens (tertiary/aromatic N) is 1. The maximum Gasteiger partial charge on any atom is 0.308 e. The van der Waals surface area contributed by atoms with Gasteiger partial charge < -0.3 is 14.6 Å². The van der Waals surface area contributed by atoms with Crippen LogP contribution in [0.15, 0.2) is 84.4 Å². The van der Waals surface area contributed by atoms with E-state index < -0.39 is 23.7 Å². The molecule has 0 aromatic heterocycles. The van der Waals surface area contributed by atoms with E-state index in [1.165, 1.54) is 18.9 Å². The predicted octanol–water partition coefficient (Wildman–Crippen LogP) is 4.25. The molecular formula is C26H21NO6. The Morgan fingerprint density at radius 2 is 1.48 bits per heavy atom. The SMILES string of the molecule is COc1ccc(N2C(=O)C(=O)/C(=C(/O)c3ccccc3)C2c2ccc(OC(C)=O)cc2)cc1. The van der Waals surface area contributed by atoms with Gasteiger partial charge in [-0.3, -0.25) is 19.3 Å². The Kier molecular flexibility index (Phi) is 5.95. The van der Waals surface area contributed by atoms with E-state index in [-0.39, 0.29) is 11.3 Å². The standard InChI is InChI=1S/C26H21NO6/c1-16(28)33-21-12-8-17(9-13-21)23-22(24(29)18-6-4-3-5-7-18)25(30)26(31)27(23)19-10-14-20(32-2)15-11-19/h3-15,23,29H,1-2H3/b24-22+. The first-order chi connectivity index (χ1) is 15.9. The van der Waals surface area contributed by atoms with E-state index in [4.69, 9.17) is 9.47 Å². The Bertz CT molecular complexity index is 1230. The molecule has 0 radical (unpaired) electrons. The van der Waals surface area contributed by atoms with E-state index in [1.807, 2.05) is 0 Å². The van der Waals surface area contributed by atoms with Gasteiger partial charge in [0.15, 0.2) is 0 Å². The Morgan fingerprint density at radius 3 is 2.06 bits per heavy atom. The number of amides is 1. The van der Waals surface area contributed by atoms with Crippen molar-refractivity contribution in [1.82, 2.24) is 0 Å². The molecule has 7 nitrogen and oxygen atoms in total. The summed E-state index contributed by atoms with van der Waals surface area (Å²) >= 11 is 0. The maximum atomic E-state index is 13.1. The molecule has 166 valence electrons. The van der Waals surface area contributed by atoms with Gasteiger partial charge in [0, 0.05) is 18.2 Å². The number of ether oxygens (including phenoxy) is 2. The summed E-state index contributed by atoms with van der Waals surface area (Å²) in [5, 5.41) is 11.1. The van der Waals surface area contributed by atoms with Gasteiger partial charge in [-0.15, -0.1) is 0 Å². The van der Waals surface area contributed by atoms with Gasteiger partial charge in [0.05, 0.1) is 18.7 Å². The number of benzene rings is 3. The summed E-state index contributed by atoms with van der Waals surface area (Å²) in [4.78, 5) is 38.9. The first-order valence-corrected chi connectivity index (χ1v) is 10.2. The summed E-state index contributed by atoms with van der Waals surface area (Å²) < 4.78 is 10.3. The molecular weight excluding hydrogens is 422 g/mol. The van der Waals surface area contributed by atoms with Crippen molar-refractivity contribution in [2.45, 2.75) is 13.0 Å². The van der Waals surface area contributed by atoms with E-state index in [0.717, 1.165) is 0 Å². The van der Waals surface area contributed by atoms with Crippen LogP contribution in [0.3, 0.4) is 0 Å². The number of anilines is 1. The largest absolute Gasteiger partial charge is 0.507 e. The second-order valence-electron chi connectivity index (χ2n) is 7.40. The van der Waals surface area contributed by atoms with Gasteiger partial charge in [0.1, 0.15) is 17.3 Å². The van der Waals surface area contributed by atoms with Gasteiger partial charge in [0.2, 0.25) is 0 Å². The number of hydrogen-bond donors (Lipinski definition) is 1. The van der Waals surface area contributed by atoms with Crippen LogP contribution < -0.4 is 14.4 Å². The van der Waals surface area contributed by atoms with Crippen molar-refractivity contribution in [2.75, 3.05) is 12.0 Å². The van der Waals surface area contributed by atoms with Gasteiger partial charge >= 0.3 is 5.97 Å². The van der Waals surface area contributed by atoms with Crippen LogP contribution in [0, 0.1) is 0 Å². The lowest BCUT2D eigenvalue weighted by atomic mass is 9.95. The van der Waals surface area contributed by atoms with Crippen LogP contribution in [0.2, 0.25) is 0 Å². The third-order valence-corrected chi connectivity index (χ3v) is 5.30. The highest BCUT2D eigenvalue weighted by atomic mass is 16.5. The summed E-state index contributed by atoms with van der Waals surface area (Å²) in [6.07, 6.45) is 0. The highest BCUT2D eigenvalue weighted by Crippen LogP contribution is 2.42. The average Bonchev–Trinajstić information content (AvgIpc) is 3.10. The topological polar surface area (TPSA) is 93.1 Å². The quantitative estimate of drug-likeness (QED) is 0.208. The zero-order valence-corrected chi connectivity index (χ0v) is 18.0. The number of aliphatic hydroxyl groups excluding tert-OH is 1. The molecule has 0 saturated carbocycles. The van der Waals surface area contributed by atoms with E-state index in [9.17, 15) is 19.5 Å². The summed E-state index contributed by atoms with van der Waals surface area (Å²) in [6.45, 7) is 1.30. The van der Waals surface area contributed by atoms with Crippen molar-refractivity contribution in [1.29, 1.82) is 0 Å². The van der Waals surface area contributed by atoms with Crippen LogP contribution in [0.4, 0.5) is 5.69 Å². The fourth-order valence-corrected chi connectivity index (χ4v) is 3.79. The fourth-order valence-electron chi connectivity index (χ4n) is 3.79. The van der Waals surface area contributed by atoms with E-state index in [0.29, 0.717) is 28.3 Å². The van der Waals surface area contributed by atoms with Crippen LogP contribution in [0.1, 0.15) is 24.1 Å². The van der Waals surface area contributed by atoms with Crippen LogP contribution in [0.5, 0.6) is 11.5 Å². The third kappa shape index (κ3) is 4.21. The Balaban J connectivity index is 1.87. The average molecular weight is 443 g/mol. The third-order valence-electron chi connectivity index (χ3n) is 5.30. The highest BCUT2D eigenvalue weighted by molar-refractivity contribution is 6.51. The number of aliphatic hydroxyl groups is 1. The molecule has 1 N–H and O–H groups in total. The highest BCUT2D eigenvalue weighted by Gasteiger charge is 2.47. The number of hydrogen-bond acceptors (Lipinski definition) is 6. The van der Waals surface area contributed by atoms with Crippen molar-refractivity contribution in [3.8, 4) is 11.5 Å². The van der Waals surface area contributed by atoms with Gasteiger partial charge in [0.25, 0.3) is 11.7 Å². The number of ketones is 1. The summed E-state index contributed by atoms with van der Waals surface area (Å²) in [5.74, 6) is -1.35. The molecule has 4 rings (SSSR count). The molecule has 33 heavy (non-hydrogen) atoms. The lowest BCUT2D eigenvalue weighted by Gasteiger charge is -2.25. The Labute approximate surface area is 190 Å². The van der Waals surface area contributed by atoms with E-state index in [1.54, 1.807) is 78.9 Å². The molecule has 3 aromatic carbocycles. The normalized spacial score (nSPS) is 17.2. The summed E-state index contributed by atoms with van der Waals surface area (Å²) in [7, 11) is 1.53. The van der Waals surface area contributed by atoms with Crippen molar-refractivity contribution < 1.29 is 29.0 Å². The zero-order valence-electron chi connectivity index (χ0n) is 18.0. The Morgan fingerprint density at radius 1 is 0.879 bits per heavy atom.